The third kappa shape index (κ3) is 8.61. The van der Waals surface area contributed by atoms with Crippen molar-refractivity contribution in [2.75, 3.05) is 17.7 Å². The number of nitrogens with one attached hydrogen (secondary N) is 1. The predicted octanol–water partition coefficient (Wildman–Crippen LogP) is 7.75. The minimum absolute atomic E-state index is 0.00591. The summed E-state index contributed by atoms with van der Waals surface area (Å²) in [6.45, 7) is 4.90. The summed E-state index contributed by atoms with van der Waals surface area (Å²) < 4.78 is 71.0. The number of halogens is 4. The number of aryl methyl sites for hydroxylation is 1. The maximum Gasteiger partial charge on any atom is 0.408 e. The second-order valence-electron chi connectivity index (χ2n) is 13.8. The largest absolute Gasteiger partial charge is 0.497 e. The molecule has 2 aromatic heterocycles. The molecule has 0 aliphatic carbocycles. The van der Waals surface area contributed by atoms with Crippen LogP contribution in [0.1, 0.15) is 43.8 Å². The molecule has 4 aromatic carbocycles. The van der Waals surface area contributed by atoms with Crippen molar-refractivity contribution in [1.29, 1.82) is 0 Å². The second-order valence-corrected chi connectivity index (χ2v) is 17.0. The van der Waals surface area contributed by atoms with E-state index in [1.54, 1.807) is 76.3 Å². The van der Waals surface area contributed by atoms with E-state index >= 15 is 0 Å². The van der Waals surface area contributed by atoms with E-state index in [2.05, 4.69) is 26.3 Å². The molecular formula is C38H36BrClF2N6O6S. The Morgan fingerprint density at radius 3 is 2.31 bits per heavy atom. The standard InChI is InChI=1S/C38H36BrClF2N6O6S/c1-38(2,3)54-37(50)44-30(17-22-15-24(41)19-25(42)16-22)34-43-29-18-23(39)9-12-27(29)36(49)48(34)31-14-13-28(40)32-33(31)46(4)45-35(32)47(55(6,51)52)20-21-7-10-26(53-5)11-8-21/h7-16,18-19,30H,17,20H2,1-6H3,(H,44,50). The van der Waals surface area contributed by atoms with Gasteiger partial charge in [0.15, 0.2) is 5.82 Å². The third-order valence-corrected chi connectivity index (χ3v) is 10.4. The average molecular weight is 858 g/mol. The first-order valence-corrected chi connectivity index (χ1v) is 19.8. The van der Waals surface area contributed by atoms with E-state index < -0.39 is 45.0 Å². The number of hydrogen-bond donors (Lipinski definition) is 1. The number of alkyl carbamates (subject to hydrolysis) is 1. The Bertz CT molecular complexity index is 2610. The number of carbonyl (C=O) groups is 1. The van der Waals surface area contributed by atoms with E-state index in [1.807, 2.05) is 0 Å². The van der Waals surface area contributed by atoms with Crippen LogP contribution >= 0.6 is 27.5 Å². The molecule has 17 heteroatoms. The summed E-state index contributed by atoms with van der Waals surface area (Å²) in [4.78, 5) is 33.0. The van der Waals surface area contributed by atoms with Crippen LogP contribution in [0.2, 0.25) is 5.02 Å². The molecule has 0 bridgehead atoms. The van der Waals surface area contributed by atoms with Crippen LogP contribution in [-0.4, -0.2) is 52.8 Å². The van der Waals surface area contributed by atoms with Crippen molar-refractivity contribution in [3.8, 4) is 11.4 Å². The Balaban J connectivity index is 1.63. The number of aromatic nitrogens is 4. The van der Waals surface area contributed by atoms with Gasteiger partial charge < -0.3 is 14.8 Å². The number of amides is 1. The number of ether oxygens (including phenoxy) is 2. The molecule has 6 rings (SSSR count). The van der Waals surface area contributed by atoms with Crippen LogP contribution in [-0.2, 0) is 34.8 Å². The van der Waals surface area contributed by atoms with Gasteiger partial charge >= 0.3 is 6.09 Å². The maximum absolute atomic E-state index is 14.7. The summed E-state index contributed by atoms with van der Waals surface area (Å²) in [6, 6.07) is 16.5. The average Bonchev–Trinajstić information content (AvgIpc) is 3.43. The molecule has 0 aliphatic rings. The first kappa shape index (κ1) is 39.6. The van der Waals surface area contributed by atoms with E-state index in [1.165, 1.54) is 22.4 Å². The molecule has 0 aliphatic heterocycles. The van der Waals surface area contributed by atoms with Crippen LogP contribution in [0.25, 0.3) is 27.5 Å². The molecule has 55 heavy (non-hydrogen) atoms. The lowest BCUT2D eigenvalue weighted by molar-refractivity contribution is 0.0500. The van der Waals surface area contributed by atoms with E-state index in [9.17, 15) is 26.8 Å². The van der Waals surface area contributed by atoms with Crippen molar-refractivity contribution in [2.24, 2.45) is 7.05 Å². The summed E-state index contributed by atoms with van der Waals surface area (Å²) >= 11 is 10.3. The van der Waals surface area contributed by atoms with Crippen LogP contribution in [0, 0.1) is 11.6 Å². The van der Waals surface area contributed by atoms with E-state index in [0.29, 0.717) is 15.8 Å². The van der Waals surface area contributed by atoms with Crippen LogP contribution in [0.3, 0.4) is 0 Å². The highest BCUT2D eigenvalue weighted by Gasteiger charge is 2.31. The number of anilines is 1. The molecule has 0 spiro atoms. The molecular weight excluding hydrogens is 822 g/mol. The van der Waals surface area contributed by atoms with Crippen LogP contribution in [0.4, 0.5) is 19.4 Å². The summed E-state index contributed by atoms with van der Waals surface area (Å²) in [5, 5.41) is 7.93. The number of hydrogen-bond acceptors (Lipinski definition) is 8. The van der Waals surface area contributed by atoms with E-state index in [0.717, 1.165) is 28.8 Å². The zero-order chi connectivity index (χ0) is 40.0. The molecule has 0 fully saturated rings. The molecule has 12 nitrogen and oxygen atoms in total. The topological polar surface area (TPSA) is 138 Å². The Morgan fingerprint density at radius 2 is 1.69 bits per heavy atom. The van der Waals surface area contributed by atoms with Crippen molar-refractivity contribution >= 4 is 71.3 Å². The highest BCUT2D eigenvalue weighted by atomic mass is 79.9. The van der Waals surface area contributed by atoms with Gasteiger partial charge in [-0.1, -0.05) is 39.7 Å². The fraction of sp³-hybridized carbons (Fsp3) is 0.263. The lowest BCUT2D eigenvalue weighted by atomic mass is 10.0. The molecule has 1 N–H and O–H groups in total. The fourth-order valence-corrected chi connectivity index (χ4v) is 7.61. The van der Waals surface area contributed by atoms with Crippen molar-refractivity contribution in [3.05, 3.63) is 121 Å². The van der Waals surface area contributed by atoms with Gasteiger partial charge in [-0.05, 0) is 86.5 Å². The van der Waals surface area contributed by atoms with Crippen LogP contribution in [0.5, 0.6) is 5.75 Å². The molecule has 0 saturated heterocycles. The van der Waals surface area contributed by atoms with Gasteiger partial charge in [-0.15, -0.1) is 0 Å². The van der Waals surface area contributed by atoms with Gasteiger partial charge in [-0.2, -0.15) is 5.10 Å². The molecule has 1 atom stereocenters. The maximum atomic E-state index is 14.7. The second kappa shape index (κ2) is 15.2. The van der Waals surface area contributed by atoms with Gasteiger partial charge in [-0.25, -0.2) is 31.3 Å². The number of methoxy groups -OCH3 is 1. The SMILES string of the molecule is COc1ccc(CN(c2nn(C)c3c(-n4c(C(Cc5cc(F)cc(F)c5)NC(=O)OC(C)(C)C)nc5cc(Br)ccc5c4=O)ccc(Cl)c23)S(C)(=O)=O)cc1. The Kier molecular flexibility index (Phi) is 11.0. The third-order valence-electron chi connectivity index (χ3n) is 8.48. The lowest BCUT2D eigenvalue weighted by Crippen LogP contribution is -2.39. The van der Waals surface area contributed by atoms with Crippen LogP contribution in [0.15, 0.2) is 82.1 Å². The number of benzene rings is 4. The number of rotatable bonds is 10. The summed E-state index contributed by atoms with van der Waals surface area (Å²) in [7, 11) is -0.883. The number of carbonyl (C=O) groups excluding carboxylic acids is 1. The Labute approximate surface area is 328 Å². The highest BCUT2D eigenvalue weighted by Crippen LogP contribution is 2.38. The first-order chi connectivity index (χ1) is 25.8. The molecule has 0 radical (unpaired) electrons. The number of nitrogens with zero attached hydrogens (tertiary/aromatic N) is 5. The minimum Gasteiger partial charge on any atom is -0.497 e. The molecule has 1 unspecified atom stereocenters. The molecule has 2 heterocycles. The zero-order valence-corrected chi connectivity index (χ0v) is 33.7. The van der Waals surface area contributed by atoms with Gasteiger partial charge in [0.05, 0.1) is 58.5 Å². The zero-order valence-electron chi connectivity index (χ0n) is 30.5. The van der Waals surface area contributed by atoms with Gasteiger partial charge in [0.25, 0.3) is 5.56 Å². The monoisotopic (exact) mass is 856 g/mol. The quantitative estimate of drug-likeness (QED) is 0.148. The molecule has 6 aromatic rings. The van der Waals surface area contributed by atoms with Gasteiger partial charge in [0, 0.05) is 24.0 Å². The summed E-state index contributed by atoms with van der Waals surface area (Å²) in [6.07, 6.45) is -0.0574. The highest BCUT2D eigenvalue weighted by molar-refractivity contribution is 9.10. The lowest BCUT2D eigenvalue weighted by Gasteiger charge is -2.26. The fourth-order valence-electron chi connectivity index (χ4n) is 6.20. The van der Waals surface area contributed by atoms with Crippen molar-refractivity contribution in [2.45, 2.75) is 45.4 Å². The normalized spacial score (nSPS) is 12.5. The van der Waals surface area contributed by atoms with Gasteiger partial charge in [0.1, 0.15) is 28.8 Å². The van der Waals surface area contributed by atoms with Gasteiger partial charge in [-0.3, -0.25) is 14.0 Å². The summed E-state index contributed by atoms with van der Waals surface area (Å²) in [5.74, 6) is -1.13. The Hall–Kier alpha value is -5.06. The number of sulfonamides is 1. The van der Waals surface area contributed by atoms with E-state index in [-0.39, 0.29) is 62.7 Å². The van der Waals surface area contributed by atoms with Crippen molar-refractivity contribution < 1.29 is 31.5 Å². The summed E-state index contributed by atoms with van der Waals surface area (Å²) in [5.41, 5.74) is -0.0292. The molecule has 1 amide bonds. The molecule has 0 saturated carbocycles. The van der Waals surface area contributed by atoms with Crippen molar-refractivity contribution in [3.63, 3.8) is 0 Å². The first-order valence-electron chi connectivity index (χ1n) is 16.8. The minimum atomic E-state index is -3.98. The van der Waals surface area contributed by atoms with Crippen LogP contribution < -0.4 is 19.9 Å². The van der Waals surface area contributed by atoms with Crippen molar-refractivity contribution in [1.82, 2.24) is 24.6 Å². The predicted molar refractivity (Wildman–Crippen MR) is 211 cm³/mol. The number of fused-ring (bicyclic) bond motifs is 2. The Morgan fingerprint density at radius 1 is 1.02 bits per heavy atom. The smallest absolute Gasteiger partial charge is 0.408 e. The molecule has 288 valence electrons. The van der Waals surface area contributed by atoms with E-state index in [4.69, 9.17) is 26.1 Å². The van der Waals surface area contributed by atoms with Gasteiger partial charge in [0.2, 0.25) is 10.0 Å².